The highest BCUT2D eigenvalue weighted by molar-refractivity contribution is 5.87. The zero-order valence-electron chi connectivity index (χ0n) is 17.4. The number of aliphatic hydroxyl groups is 1. The van der Waals surface area contributed by atoms with Crippen LogP contribution in [-0.4, -0.2) is 22.8 Å². The van der Waals surface area contributed by atoms with Crippen LogP contribution >= 0.6 is 0 Å². The second-order valence-electron chi connectivity index (χ2n) is 9.85. The van der Waals surface area contributed by atoms with E-state index < -0.39 is 0 Å². The van der Waals surface area contributed by atoms with E-state index in [-0.39, 0.29) is 42.0 Å². The van der Waals surface area contributed by atoms with Crippen molar-refractivity contribution in [3.63, 3.8) is 0 Å². The van der Waals surface area contributed by atoms with Gasteiger partial charge in [-0.1, -0.05) is 35.1 Å². The lowest BCUT2D eigenvalue weighted by atomic mass is 9.44. The van der Waals surface area contributed by atoms with Crippen LogP contribution in [0.5, 0.6) is 0 Å². The van der Waals surface area contributed by atoms with Crippen LogP contribution in [0.15, 0.2) is 0 Å². The molecule has 0 radical (unpaired) electrons. The zero-order chi connectivity index (χ0) is 19.3. The molecule has 0 aromatic heterocycles. The van der Waals surface area contributed by atoms with Crippen molar-refractivity contribution in [3.8, 4) is 0 Å². The first kappa shape index (κ1) is 22.6. The van der Waals surface area contributed by atoms with Gasteiger partial charge >= 0.3 is 0 Å². The van der Waals surface area contributed by atoms with Gasteiger partial charge in [-0.2, -0.15) is 0 Å². The van der Waals surface area contributed by atoms with Crippen molar-refractivity contribution in [1.29, 1.82) is 0 Å². The Morgan fingerprint density at radius 1 is 1.04 bits per heavy atom. The Morgan fingerprint density at radius 2 is 1.70 bits per heavy atom. The number of fused-ring (bicyclic) bond motifs is 5. The maximum Gasteiger partial charge on any atom is 0.137 e. The van der Waals surface area contributed by atoms with Gasteiger partial charge in [0.2, 0.25) is 0 Å². The molecular formula is C24H42O3. The van der Waals surface area contributed by atoms with Crippen LogP contribution in [0.4, 0.5) is 0 Å². The summed E-state index contributed by atoms with van der Waals surface area (Å²) in [6.07, 6.45) is 7.53. The first-order valence-corrected chi connectivity index (χ1v) is 11.0. The van der Waals surface area contributed by atoms with Gasteiger partial charge in [-0.25, -0.2) is 0 Å². The van der Waals surface area contributed by atoms with E-state index in [1.54, 1.807) is 6.92 Å². The number of hydrogen-bond donors (Lipinski definition) is 1. The number of ketones is 2. The predicted octanol–water partition coefficient (Wildman–Crippen LogP) is 5.44. The third kappa shape index (κ3) is 3.32. The second-order valence-corrected chi connectivity index (χ2v) is 9.85. The molecule has 0 saturated heterocycles. The molecule has 4 fully saturated rings. The fourth-order valence-electron chi connectivity index (χ4n) is 7.72. The van der Waals surface area contributed by atoms with Crippen LogP contribution in [0.2, 0.25) is 0 Å². The lowest BCUT2D eigenvalue weighted by Gasteiger charge is -2.59. The molecule has 8 atom stereocenters. The summed E-state index contributed by atoms with van der Waals surface area (Å²) >= 11 is 0. The van der Waals surface area contributed by atoms with Gasteiger partial charge in [0, 0.05) is 18.3 Å². The number of carbonyl (C=O) groups is 2. The van der Waals surface area contributed by atoms with Gasteiger partial charge in [0.15, 0.2) is 0 Å². The third-order valence-corrected chi connectivity index (χ3v) is 8.81. The van der Waals surface area contributed by atoms with Crippen LogP contribution in [0.25, 0.3) is 0 Å². The molecule has 4 aliphatic carbocycles. The minimum absolute atomic E-state index is 0. The largest absolute Gasteiger partial charge is 0.393 e. The molecule has 0 aromatic carbocycles. The highest BCUT2D eigenvalue weighted by Gasteiger charge is 2.63. The first-order valence-electron chi connectivity index (χ1n) is 11.0. The summed E-state index contributed by atoms with van der Waals surface area (Å²) < 4.78 is 0. The summed E-state index contributed by atoms with van der Waals surface area (Å²) in [5.74, 6) is 2.48. The van der Waals surface area contributed by atoms with E-state index >= 15 is 0 Å². The van der Waals surface area contributed by atoms with Gasteiger partial charge in [0.25, 0.3) is 0 Å². The number of hydrogen-bond acceptors (Lipinski definition) is 3. The molecule has 4 aliphatic rings. The van der Waals surface area contributed by atoms with Gasteiger partial charge < -0.3 is 5.11 Å². The molecule has 0 aliphatic heterocycles. The third-order valence-electron chi connectivity index (χ3n) is 8.81. The lowest BCUT2D eigenvalue weighted by molar-refractivity contribution is -0.162. The highest BCUT2D eigenvalue weighted by Crippen LogP contribution is 2.66. The van der Waals surface area contributed by atoms with Crippen LogP contribution in [0.3, 0.4) is 0 Å². The van der Waals surface area contributed by atoms with Gasteiger partial charge in [-0.3, -0.25) is 9.59 Å². The van der Waals surface area contributed by atoms with Crippen molar-refractivity contribution in [2.75, 3.05) is 0 Å². The normalized spacial score (nSPS) is 48.1. The second kappa shape index (κ2) is 7.97. The zero-order valence-corrected chi connectivity index (χ0v) is 17.4. The summed E-state index contributed by atoms with van der Waals surface area (Å²) in [5.41, 5.74) is -0.0175. The molecule has 27 heavy (non-hydrogen) atoms. The monoisotopic (exact) mass is 378 g/mol. The summed E-state index contributed by atoms with van der Waals surface area (Å²) in [6, 6.07) is 0. The number of Topliss-reactive ketones (excluding diaryl/α,β-unsaturated/α-hetero) is 2. The van der Waals surface area contributed by atoms with Crippen LogP contribution in [0.1, 0.15) is 93.4 Å². The van der Waals surface area contributed by atoms with E-state index in [4.69, 9.17) is 0 Å². The fourth-order valence-corrected chi connectivity index (χ4v) is 7.72. The molecular weight excluding hydrogens is 336 g/mol. The highest BCUT2D eigenvalue weighted by atomic mass is 16.3. The fraction of sp³-hybridized carbons (Fsp3) is 0.917. The number of aliphatic hydroxyl groups excluding tert-OH is 1. The molecule has 4 saturated carbocycles. The Balaban J connectivity index is 0.000000844. The van der Waals surface area contributed by atoms with Crippen LogP contribution < -0.4 is 0 Å². The molecule has 0 heterocycles. The molecule has 4 rings (SSSR count). The SMILES string of the molecule is C.CC.CC(=O)[C@H]1CCC2C3CCC4C[C@H](O)CC[C@]4(C)C3C(=O)C[C@@]21C. The molecule has 0 amide bonds. The minimum atomic E-state index is -0.169. The van der Waals surface area contributed by atoms with Crippen molar-refractivity contribution < 1.29 is 14.7 Å². The molecule has 4 unspecified atom stereocenters. The van der Waals surface area contributed by atoms with E-state index in [2.05, 4.69) is 13.8 Å². The molecule has 0 aromatic rings. The van der Waals surface area contributed by atoms with Crippen molar-refractivity contribution in [1.82, 2.24) is 0 Å². The van der Waals surface area contributed by atoms with Gasteiger partial charge in [-0.15, -0.1) is 0 Å². The van der Waals surface area contributed by atoms with Crippen molar-refractivity contribution in [2.45, 2.75) is 99.5 Å². The molecule has 0 bridgehead atoms. The Kier molecular flexibility index (Phi) is 6.67. The molecule has 0 spiro atoms. The molecule has 1 N–H and O–H groups in total. The molecule has 3 heteroatoms. The van der Waals surface area contributed by atoms with E-state index in [1.165, 1.54) is 0 Å². The summed E-state index contributed by atoms with van der Waals surface area (Å²) in [6.45, 7) is 10.3. The maximum atomic E-state index is 13.3. The Hall–Kier alpha value is -0.700. The molecule has 156 valence electrons. The maximum absolute atomic E-state index is 13.3. The van der Waals surface area contributed by atoms with Crippen molar-refractivity contribution >= 4 is 11.6 Å². The topological polar surface area (TPSA) is 54.4 Å². The van der Waals surface area contributed by atoms with Crippen LogP contribution in [-0.2, 0) is 9.59 Å². The van der Waals surface area contributed by atoms with Crippen LogP contribution in [0, 0.1) is 40.4 Å². The smallest absolute Gasteiger partial charge is 0.137 e. The van der Waals surface area contributed by atoms with E-state index in [0.29, 0.717) is 30.0 Å². The average Bonchev–Trinajstić information content (AvgIpc) is 2.93. The minimum Gasteiger partial charge on any atom is -0.393 e. The standard InChI is InChI=1S/C21H32O3.C2H6.CH4/c1-12(22)16-6-7-17-15-5-4-13-10-14(23)8-9-20(13,2)19(15)18(24)11-21(16,17)3;1-2;/h13-17,19,23H,4-11H2,1-3H3;1-2H3;1H4/t13?,14-,15?,16-,17?,19?,20+,21-;;/m1../s1. The number of rotatable bonds is 1. The molecule has 3 nitrogen and oxygen atoms in total. The quantitative estimate of drug-likeness (QED) is 0.661. The predicted molar refractivity (Wildman–Crippen MR) is 110 cm³/mol. The van der Waals surface area contributed by atoms with E-state index in [1.807, 2.05) is 13.8 Å². The summed E-state index contributed by atoms with van der Waals surface area (Å²) in [7, 11) is 0. The van der Waals surface area contributed by atoms with Gasteiger partial charge in [0.05, 0.1) is 6.10 Å². The van der Waals surface area contributed by atoms with Crippen molar-refractivity contribution in [2.24, 2.45) is 40.4 Å². The summed E-state index contributed by atoms with van der Waals surface area (Å²) in [4.78, 5) is 25.5. The van der Waals surface area contributed by atoms with Gasteiger partial charge in [-0.05, 0) is 80.5 Å². The Labute approximate surface area is 166 Å². The van der Waals surface area contributed by atoms with E-state index in [0.717, 1.165) is 44.9 Å². The number of carbonyl (C=O) groups excluding carboxylic acids is 2. The van der Waals surface area contributed by atoms with Crippen molar-refractivity contribution in [3.05, 3.63) is 0 Å². The average molecular weight is 379 g/mol. The van der Waals surface area contributed by atoms with E-state index in [9.17, 15) is 14.7 Å². The van der Waals surface area contributed by atoms with Gasteiger partial charge in [0.1, 0.15) is 11.6 Å². The first-order chi connectivity index (χ1) is 12.3. The lowest BCUT2D eigenvalue weighted by Crippen LogP contribution is -2.58. The summed E-state index contributed by atoms with van der Waals surface area (Å²) in [5, 5.41) is 10.1. The Morgan fingerprint density at radius 3 is 2.33 bits per heavy atom. The Bertz CT molecular complexity index is 570.